The predicted molar refractivity (Wildman–Crippen MR) is 67.8 cm³/mol. The van der Waals surface area contributed by atoms with Crippen LogP contribution >= 0.6 is 11.6 Å². The van der Waals surface area contributed by atoms with Gasteiger partial charge in [0, 0.05) is 37.3 Å². The zero-order valence-electron chi connectivity index (χ0n) is 10.3. The Bertz CT molecular complexity index is 397. The van der Waals surface area contributed by atoms with E-state index >= 15 is 0 Å². The van der Waals surface area contributed by atoms with E-state index in [-0.39, 0.29) is 5.15 Å². The largest absolute Gasteiger partial charge is 0.618 e. The molecule has 0 aromatic carbocycles. The maximum absolute atomic E-state index is 11.3. The lowest BCUT2D eigenvalue weighted by molar-refractivity contribution is -0.603. The second-order valence-corrected chi connectivity index (χ2v) is 5.21. The monoisotopic (exact) mass is 255 g/mol. The maximum Gasteiger partial charge on any atom is 0.286 e. The van der Waals surface area contributed by atoms with Gasteiger partial charge in [0.05, 0.1) is 0 Å². The third-order valence-corrected chi connectivity index (χ3v) is 3.61. The molecule has 17 heavy (non-hydrogen) atoms. The van der Waals surface area contributed by atoms with E-state index in [2.05, 4.69) is 23.9 Å². The van der Waals surface area contributed by atoms with Gasteiger partial charge < -0.3 is 10.1 Å². The molecule has 1 aliphatic rings. The van der Waals surface area contributed by atoms with Crippen LogP contribution in [0.3, 0.4) is 0 Å². The smallest absolute Gasteiger partial charge is 0.286 e. The van der Waals surface area contributed by atoms with Gasteiger partial charge in [-0.1, -0.05) is 0 Å². The Morgan fingerprint density at radius 3 is 2.88 bits per heavy atom. The van der Waals surface area contributed by atoms with Crippen molar-refractivity contribution in [2.45, 2.75) is 19.0 Å². The molecule has 0 aliphatic carbocycles. The summed E-state index contributed by atoms with van der Waals surface area (Å²) < 4.78 is 0.719. The number of nitrogens with zero attached hydrogens (tertiary/aromatic N) is 3. The average Bonchev–Trinajstić information content (AvgIpc) is 2.72. The third kappa shape index (κ3) is 3.09. The van der Waals surface area contributed by atoms with Gasteiger partial charge in [0.15, 0.2) is 6.20 Å². The molecule has 1 saturated heterocycles. The van der Waals surface area contributed by atoms with Gasteiger partial charge in [0.1, 0.15) is 0 Å². The van der Waals surface area contributed by atoms with E-state index in [1.807, 2.05) is 6.07 Å². The third-order valence-electron chi connectivity index (χ3n) is 3.31. The first-order chi connectivity index (χ1) is 8.06. The number of likely N-dealkylation sites (tertiary alicyclic amines) is 1. The molecule has 1 fully saturated rings. The Hall–Kier alpha value is -0.840. The summed E-state index contributed by atoms with van der Waals surface area (Å²) in [7, 11) is 4.23. The van der Waals surface area contributed by atoms with Crippen LogP contribution in [0.5, 0.6) is 0 Å². The Morgan fingerprint density at radius 1 is 1.53 bits per heavy atom. The van der Waals surface area contributed by atoms with Crippen molar-refractivity contribution in [1.82, 2.24) is 9.80 Å². The zero-order chi connectivity index (χ0) is 12.4. The number of hydrogen-bond acceptors (Lipinski definition) is 3. The SMILES string of the molecule is CN(C)C1CCN(Cc2ccc(Cl)[n+]([O-])c2)C1. The van der Waals surface area contributed by atoms with E-state index in [0.717, 1.165) is 29.9 Å². The fraction of sp³-hybridized carbons (Fsp3) is 0.583. The van der Waals surface area contributed by atoms with Crippen molar-refractivity contribution in [2.75, 3.05) is 27.2 Å². The van der Waals surface area contributed by atoms with Crippen molar-refractivity contribution < 1.29 is 4.73 Å². The van der Waals surface area contributed by atoms with Crippen LogP contribution in [0.25, 0.3) is 0 Å². The van der Waals surface area contributed by atoms with E-state index in [1.54, 1.807) is 12.3 Å². The van der Waals surface area contributed by atoms with Crippen LogP contribution in [0.15, 0.2) is 18.3 Å². The Kier molecular flexibility index (Phi) is 3.86. The number of halogens is 1. The summed E-state index contributed by atoms with van der Waals surface area (Å²) in [6, 6.07) is 4.20. The minimum atomic E-state index is 0.223. The van der Waals surface area contributed by atoms with E-state index in [1.165, 1.54) is 6.42 Å². The fourth-order valence-electron chi connectivity index (χ4n) is 2.23. The van der Waals surface area contributed by atoms with Crippen LogP contribution in [0, 0.1) is 5.21 Å². The summed E-state index contributed by atoms with van der Waals surface area (Å²) >= 11 is 5.69. The first kappa shape index (κ1) is 12.6. The van der Waals surface area contributed by atoms with Gasteiger partial charge in [-0.3, -0.25) is 4.90 Å². The molecule has 2 heterocycles. The van der Waals surface area contributed by atoms with Crippen molar-refractivity contribution in [3.63, 3.8) is 0 Å². The molecule has 94 valence electrons. The number of rotatable bonds is 3. The lowest BCUT2D eigenvalue weighted by Gasteiger charge is -2.20. The fourth-order valence-corrected chi connectivity index (χ4v) is 2.35. The van der Waals surface area contributed by atoms with Crippen LogP contribution in [0.2, 0.25) is 5.15 Å². The molecule has 1 aliphatic heterocycles. The van der Waals surface area contributed by atoms with Crippen LogP contribution < -0.4 is 4.73 Å². The zero-order valence-corrected chi connectivity index (χ0v) is 11.0. The molecular formula is C12H18ClN3O. The van der Waals surface area contributed by atoms with Gasteiger partial charge in [-0.05, 0) is 38.2 Å². The minimum Gasteiger partial charge on any atom is -0.618 e. The summed E-state index contributed by atoms with van der Waals surface area (Å²) in [5, 5.41) is 11.6. The van der Waals surface area contributed by atoms with Crippen molar-refractivity contribution >= 4 is 11.6 Å². The highest BCUT2D eigenvalue weighted by atomic mass is 35.5. The van der Waals surface area contributed by atoms with E-state index in [4.69, 9.17) is 11.6 Å². The predicted octanol–water partition coefficient (Wildman–Crippen LogP) is 1.11. The topological polar surface area (TPSA) is 33.4 Å². The van der Waals surface area contributed by atoms with Gasteiger partial charge in [-0.2, -0.15) is 4.73 Å². The number of likely N-dealkylation sites (N-methyl/N-ethyl adjacent to an activating group) is 1. The maximum atomic E-state index is 11.3. The summed E-state index contributed by atoms with van der Waals surface area (Å²) in [6.45, 7) is 2.97. The van der Waals surface area contributed by atoms with Gasteiger partial charge in [0.25, 0.3) is 5.15 Å². The van der Waals surface area contributed by atoms with Crippen LogP contribution in [0.1, 0.15) is 12.0 Å². The molecule has 0 radical (unpaired) electrons. The first-order valence-electron chi connectivity index (χ1n) is 5.82. The highest BCUT2D eigenvalue weighted by molar-refractivity contribution is 6.28. The Balaban J connectivity index is 1.96. The summed E-state index contributed by atoms with van der Waals surface area (Å²) in [4.78, 5) is 4.63. The Labute approximate surface area is 107 Å². The number of hydrogen-bond donors (Lipinski definition) is 0. The molecule has 0 N–H and O–H groups in total. The van der Waals surface area contributed by atoms with Crippen molar-refractivity contribution in [2.24, 2.45) is 0 Å². The van der Waals surface area contributed by atoms with Crippen molar-refractivity contribution in [1.29, 1.82) is 0 Å². The summed E-state index contributed by atoms with van der Waals surface area (Å²) in [5.41, 5.74) is 1.02. The molecule has 1 aromatic rings. The van der Waals surface area contributed by atoms with Gasteiger partial charge >= 0.3 is 0 Å². The molecule has 1 atom stereocenters. The van der Waals surface area contributed by atoms with Crippen molar-refractivity contribution in [3.8, 4) is 0 Å². The molecule has 0 amide bonds. The molecule has 0 spiro atoms. The van der Waals surface area contributed by atoms with Crippen LogP contribution in [-0.2, 0) is 6.54 Å². The highest BCUT2D eigenvalue weighted by Gasteiger charge is 2.24. The molecule has 0 saturated carbocycles. The molecule has 1 unspecified atom stereocenters. The summed E-state index contributed by atoms with van der Waals surface area (Å²) in [5.74, 6) is 0. The minimum absolute atomic E-state index is 0.223. The normalized spacial score (nSPS) is 21.3. The van der Waals surface area contributed by atoms with E-state index in [0.29, 0.717) is 6.04 Å². The molecular weight excluding hydrogens is 238 g/mol. The molecule has 5 heteroatoms. The molecule has 4 nitrogen and oxygen atoms in total. The second kappa shape index (κ2) is 5.21. The van der Waals surface area contributed by atoms with E-state index in [9.17, 15) is 5.21 Å². The molecule has 0 bridgehead atoms. The van der Waals surface area contributed by atoms with E-state index < -0.39 is 0 Å². The number of pyridine rings is 1. The van der Waals surface area contributed by atoms with Gasteiger partial charge in [-0.15, -0.1) is 0 Å². The van der Waals surface area contributed by atoms with Gasteiger partial charge in [0.2, 0.25) is 0 Å². The van der Waals surface area contributed by atoms with Crippen LogP contribution in [0.4, 0.5) is 0 Å². The highest BCUT2D eigenvalue weighted by Crippen LogP contribution is 2.16. The van der Waals surface area contributed by atoms with Gasteiger partial charge in [-0.25, -0.2) is 0 Å². The second-order valence-electron chi connectivity index (χ2n) is 4.83. The van der Waals surface area contributed by atoms with Crippen LogP contribution in [-0.4, -0.2) is 43.0 Å². The standard InChI is InChI=1S/C12H18ClN3O/c1-14(2)11-5-6-15(9-11)7-10-3-4-12(13)16(17)8-10/h3-4,8,11H,5-7,9H2,1-2H3. The number of aromatic nitrogens is 1. The molecule has 1 aromatic heterocycles. The summed E-state index contributed by atoms with van der Waals surface area (Å²) in [6.07, 6.45) is 2.75. The van der Waals surface area contributed by atoms with Crippen molar-refractivity contribution in [3.05, 3.63) is 34.3 Å². The first-order valence-corrected chi connectivity index (χ1v) is 6.20. The molecule has 2 rings (SSSR count). The lowest BCUT2D eigenvalue weighted by atomic mass is 10.2. The Morgan fingerprint density at radius 2 is 2.29 bits per heavy atom. The lowest BCUT2D eigenvalue weighted by Crippen LogP contribution is -2.32. The quantitative estimate of drug-likeness (QED) is 0.461. The average molecular weight is 256 g/mol.